The molecule has 26 heavy (non-hydrogen) atoms. The quantitative estimate of drug-likeness (QED) is 0.658. The highest BCUT2D eigenvalue weighted by Crippen LogP contribution is 2.24. The molecule has 0 saturated carbocycles. The Morgan fingerprint density at radius 1 is 1.15 bits per heavy atom. The topological polar surface area (TPSA) is 79.3 Å². The largest absolute Gasteiger partial charge is 0.478 e. The molecule has 0 aliphatic carbocycles. The molecule has 1 heterocycles. The lowest BCUT2D eigenvalue weighted by Crippen LogP contribution is -2.12. The van der Waals surface area contributed by atoms with Crippen LogP contribution >= 0.6 is 11.3 Å². The van der Waals surface area contributed by atoms with E-state index in [-0.39, 0.29) is 11.5 Å². The first-order chi connectivity index (χ1) is 12.5. The number of thiazole rings is 1. The van der Waals surface area contributed by atoms with Gasteiger partial charge in [-0.15, -0.1) is 11.3 Å². The summed E-state index contributed by atoms with van der Waals surface area (Å²) in [5.41, 5.74) is 1.99. The highest BCUT2D eigenvalue weighted by Gasteiger charge is 2.12. The van der Waals surface area contributed by atoms with Gasteiger partial charge in [-0.25, -0.2) is 14.2 Å². The Morgan fingerprint density at radius 3 is 2.73 bits per heavy atom. The van der Waals surface area contributed by atoms with Gasteiger partial charge >= 0.3 is 5.97 Å². The lowest BCUT2D eigenvalue weighted by atomic mass is 10.2. The van der Waals surface area contributed by atoms with Gasteiger partial charge in [0.05, 0.1) is 0 Å². The first kappa shape index (κ1) is 17.5. The fourth-order valence-electron chi connectivity index (χ4n) is 2.21. The van der Waals surface area contributed by atoms with Crippen molar-refractivity contribution in [1.82, 2.24) is 4.98 Å². The van der Waals surface area contributed by atoms with Gasteiger partial charge in [0.2, 0.25) is 0 Å². The number of carbonyl (C=O) groups excluding carboxylic acids is 1. The van der Waals surface area contributed by atoms with E-state index in [4.69, 9.17) is 5.11 Å². The van der Waals surface area contributed by atoms with E-state index in [1.54, 1.807) is 41.8 Å². The molecule has 0 aliphatic heterocycles. The van der Waals surface area contributed by atoms with Gasteiger partial charge in [-0.05, 0) is 35.9 Å². The van der Waals surface area contributed by atoms with Crippen molar-refractivity contribution in [3.05, 3.63) is 77.1 Å². The molecule has 7 heteroatoms. The van der Waals surface area contributed by atoms with Crippen molar-refractivity contribution in [2.45, 2.75) is 0 Å². The summed E-state index contributed by atoms with van der Waals surface area (Å²) in [5, 5.41) is 13.5. The minimum Gasteiger partial charge on any atom is -0.478 e. The third-order valence-electron chi connectivity index (χ3n) is 3.37. The average molecular weight is 368 g/mol. The van der Waals surface area contributed by atoms with Crippen LogP contribution in [0.1, 0.15) is 16.1 Å². The lowest BCUT2D eigenvalue weighted by Gasteiger charge is -2.04. The maximum absolute atomic E-state index is 13.3. The van der Waals surface area contributed by atoms with Crippen molar-refractivity contribution < 1.29 is 19.1 Å². The number of carbonyl (C=O) groups is 2. The molecule has 0 fully saturated rings. The van der Waals surface area contributed by atoms with Crippen LogP contribution in [-0.4, -0.2) is 22.0 Å². The SMILES string of the molecule is O=C(O)/C=C/c1cccc(NC(=O)c2csc(-c3cccc(F)c3)n2)c1. The number of carboxylic acids is 1. The molecular formula is C19H13FN2O3S. The van der Waals surface area contributed by atoms with Crippen LogP contribution in [0.2, 0.25) is 0 Å². The van der Waals surface area contributed by atoms with Crippen molar-refractivity contribution in [2.24, 2.45) is 0 Å². The van der Waals surface area contributed by atoms with Crippen LogP contribution in [0.15, 0.2) is 60.0 Å². The molecular weight excluding hydrogens is 355 g/mol. The van der Waals surface area contributed by atoms with E-state index in [0.29, 0.717) is 21.8 Å². The molecule has 0 aliphatic rings. The van der Waals surface area contributed by atoms with E-state index < -0.39 is 11.9 Å². The number of hydrogen-bond donors (Lipinski definition) is 2. The van der Waals surface area contributed by atoms with Crippen LogP contribution in [0.25, 0.3) is 16.6 Å². The second-order valence-corrected chi connectivity index (χ2v) is 6.16. The van der Waals surface area contributed by atoms with Gasteiger partial charge < -0.3 is 10.4 Å². The van der Waals surface area contributed by atoms with Gasteiger partial charge in [0, 0.05) is 22.7 Å². The first-order valence-corrected chi connectivity index (χ1v) is 8.43. The summed E-state index contributed by atoms with van der Waals surface area (Å²) in [7, 11) is 0. The molecule has 5 nitrogen and oxygen atoms in total. The zero-order valence-electron chi connectivity index (χ0n) is 13.3. The van der Waals surface area contributed by atoms with Crippen molar-refractivity contribution in [3.8, 4) is 10.6 Å². The molecule has 3 rings (SSSR count). The van der Waals surface area contributed by atoms with Crippen LogP contribution in [0.4, 0.5) is 10.1 Å². The van der Waals surface area contributed by atoms with Crippen molar-refractivity contribution >= 4 is 35.0 Å². The number of amides is 1. The minimum absolute atomic E-state index is 0.223. The van der Waals surface area contributed by atoms with Crippen molar-refractivity contribution in [3.63, 3.8) is 0 Å². The molecule has 0 unspecified atom stereocenters. The van der Waals surface area contributed by atoms with E-state index in [2.05, 4.69) is 10.3 Å². The van der Waals surface area contributed by atoms with E-state index in [1.165, 1.54) is 29.5 Å². The number of nitrogens with one attached hydrogen (secondary N) is 1. The van der Waals surface area contributed by atoms with Gasteiger partial charge in [0.1, 0.15) is 16.5 Å². The number of rotatable bonds is 5. The van der Waals surface area contributed by atoms with E-state index >= 15 is 0 Å². The fourth-order valence-corrected chi connectivity index (χ4v) is 3.01. The van der Waals surface area contributed by atoms with Crippen LogP contribution in [0.3, 0.4) is 0 Å². The Hall–Kier alpha value is -3.32. The van der Waals surface area contributed by atoms with Gasteiger partial charge in [-0.2, -0.15) is 0 Å². The van der Waals surface area contributed by atoms with Crippen LogP contribution in [0.5, 0.6) is 0 Å². The summed E-state index contributed by atoms with van der Waals surface area (Å²) >= 11 is 1.25. The normalized spacial score (nSPS) is 10.8. The van der Waals surface area contributed by atoms with Crippen molar-refractivity contribution in [1.29, 1.82) is 0 Å². The summed E-state index contributed by atoms with van der Waals surface area (Å²) < 4.78 is 13.3. The Kier molecular flexibility index (Phi) is 5.19. The molecule has 1 aromatic heterocycles. The second-order valence-electron chi connectivity index (χ2n) is 5.30. The second kappa shape index (κ2) is 7.71. The number of aliphatic carboxylic acids is 1. The van der Waals surface area contributed by atoms with E-state index in [9.17, 15) is 14.0 Å². The van der Waals surface area contributed by atoms with Crippen LogP contribution < -0.4 is 5.32 Å². The average Bonchev–Trinajstić information content (AvgIpc) is 3.11. The third-order valence-corrected chi connectivity index (χ3v) is 4.26. The fraction of sp³-hybridized carbons (Fsp3) is 0. The third kappa shape index (κ3) is 4.40. The van der Waals surface area contributed by atoms with Gasteiger partial charge in [-0.3, -0.25) is 4.79 Å². The monoisotopic (exact) mass is 368 g/mol. The number of benzene rings is 2. The van der Waals surface area contributed by atoms with Gasteiger partial charge in [0.15, 0.2) is 0 Å². The predicted octanol–water partition coefficient (Wildman–Crippen LogP) is 4.30. The first-order valence-electron chi connectivity index (χ1n) is 7.55. The Balaban J connectivity index is 1.75. The molecule has 0 bridgehead atoms. The predicted molar refractivity (Wildman–Crippen MR) is 98.6 cm³/mol. The summed E-state index contributed by atoms with van der Waals surface area (Å²) in [6.45, 7) is 0. The molecule has 1 amide bonds. The number of aromatic nitrogens is 1. The highest BCUT2D eigenvalue weighted by atomic mass is 32.1. The molecule has 0 atom stereocenters. The van der Waals surface area contributed by atoms with E-state index in [1.807, 2.05) is 0 Å². The maximum Gasteiger partial charge on any atom is 0.328 e. The molecule has 2 aromatic carbocycles. The molecule has 3 aromatic rings. The number of hydrogen-bond acceptors (Lipinski definition) is 4. The van der Waals surface area contributed by atoms with Gasteiger partial charge in [0.25, 0.3) is 5.91 Å². The minimum atomic E-state index is -1.05. The molecule has 0 saturated heterocycles. The van der Waals surface area contributed by atoms with Crippen LogP contribution in [0, 0.1) is 5.82 Å². The summed E-state index contributed by atoms with van der Waals surface area (Å²) in [6, 6.07) is 12.8. The molecule has 0 spiro atoms. The Labute approximate surface area is 152 Å². The lowest BCUT2D eigenvalue weighted by molar-refractivity contribution is -0.131. The zero-order chi connectivity index (χ0) is 18.5. The summed E-state index contributed by atoms with van der Waals surface area (Å²) in [4.78, 5) is 27.2. The van der Waals surface area contributed by atoms with Crippen LogP contribution in [-0.2, 0) is 4.79 Å². The number of halogens is 1. The van der Waals surface area contributed by atoms with Crippen molar-refractivity contribution in [2.75, 3.05) is 5.32 Å². The molecule has 2 N–H and O–H groups in total. The number of carboxylic acid groups (broad SMARTS) is 1. The summed E-state index contributed by atoms with van der Waals surface area (Å²) in [5.74, 6) is -1.81. The van der Waals surface area contributed by atoms with Gasteiger partial charge in [-0.1, -0.05) is 24.3 Å². The molecule has 0 radical (unpaired) electrons. The highest BCUT2D eigenvalue weighted by molar-refractivity contribution is 7.13. The Morgan fingerprint density at radius 2 is 1.96 bits per heavy atom. The molecule has 130 valence electrons. The summed E-state index contributed by atoms with van der Waals surface area (Å²) in [6.07, 6.45) is 2.45. The Bertz CT molecular complexity index is 998. The standard InChI is InChI=1S/C19H13FN2O3S/c20-14-5-2-4-13(10-14)19-22-16(11-26-19)18(25)21-15-6-1-3-12(9-15)7-8-17(23)24/h1-11H,(H,21,25)(H,23,24)/b8-7+. The number of nitrogens with zero attached hydrogens (tertiary/aromatic N) is 1. The smallest absolute Gasteiger partial charge is 0.328 e. The maximum atomic E-state index is 13.3. The number of anilines is 1. The van der Waals surface area contributed by atoms with E-state index in [0.717, 1.165) is 6.08 Å². The zero-order valence-corrected chi connectivity index (χ0v) is 14.2.